The van der Waals surface area contributed by atoms with Crippen LogP contribution in [-0.2, 0) is 25.5 Å². The van der Waals surface area contributed by atoms with E-state index in [1.54, 1.807) is 6.92 Å². The van der Waals surface area contributed by atoms with E-state index in [1.165, 1.54) is 0 Å². The first kappa shape index (κ1) is 21.6. The van der Waals surface area contributed by atoms with Crippen LogP contribution in [0, 0.1) is 5.92 Å². The Morgan fingerprint density at radius 2 is 1.73 bits per heavy atom. The molecule has 0 radical (unpaired) electrons. The summed E-state index contributed by atoms with van der Waals surface area (Å²) in [6.45, 7) is 5.64. The first-order chi connectivity index (χ1) is 12.4. The molecule has 1 rings (SSSR count). The molecule has 0 bridgehead atoms. The number of benzene rings is 1. The van der Waals surface area contributed by atoms with Gasteiger partial charge in [0.2, 0.25) is 11.8 Å². The number of rotatable bonds is 10. The summed E-state index contributed by atoms with van der Waals surface area (Å²) in [4.78, 5) is 36.6. The molecule has 0 spiro atoms. The number of hydrogen-bond donors (Lipinski definition) is 3. The van der Waals surface area contributed by atoms with Gasteiger partial charge in [0.15, 0.2) is 0 Å². The Morgan fingerprint density at radius 1 is 1.08 bits per heavy atom. The van der Waals surface area contributed by atoms with Crippen molar-refractivity contribution in [3.05, 3.63) is 35.9 Å². The molecule has 0 fully saturated rings. The number of hydrogen-bond acceptors (Lipinski definition) is 5. The average molecular weight is 363 g/mol. The summed E-state index contributed by atoms with van der Waals surface area (Å²) >= 11 is 0. The number of esters is 1. The Kier molecular flexibility index (Phi) is 9.36. The van der Waals surface area contributed by atoms with Crippen LogP contribution >= 0.6 is 0 Å². The van der Waals surface area contributed by atoms with Crippen molar-refractivity contribution in [3.63, 3.8) is 0 Å². The SMILES string of the molecule is CCOC(=O)[C@H](CC(C)C)NC(=O)[C@H](Cc1ccccc1)NC(=O)CN. The molecule has 0 aliphatic carbocycles. The van der Waals surface area contributed by atoms with Crippen LogP contribution in [-0.4, -0.2) is 43.0 Å². The van der Waals surface area contributed by atoms with Gasteiger partial charge in [0.25, 0.3) is 0 Å². The molecule has 0 saturated heterocycles. The number of carbonyl (C=O) groups is 3. The third-order valence-electron chi connectivity index (χ3n) is 3.71. The number of nitrogens with two attached hydrogens (primary N) is 1. The van der Waals surface area contributed by atoms with Crippen LogP contribution in [0.25, 0.3) is 0 Å². The maximum Gasteiger partial charge on any atom is 0.328 e. The quantitative estimate of drug-likeness (QED) is 0.532. The van der Waals surface area contributed by atoms with Gasteiger partial charge in [-0.05, 0) is 24.8 Å². The maximum atomic E-state index is 12.7. The highest BCUT2D eigenvalue weighted by atomic mass is 16.5. The molecule has 2 atom stereocenters. The van der Waals surface area contributed by atoms with Gasteiger partial charge in [-0.3, -0.25) is 9.59 Å². The van der Waals surface area contributed by atoms with Crippen molar-refractivity contribution in [2.45, 2.75) is 45.7 Å². The summed E-state index contributed by atoms with van der Waals surface area (Å²) in [6.07, 6.45) is 0.753. The van der Waals surface area contributed by atoms with Crippen LogP contribution in [0.5, 0.6) is 0 Å². The Balaban J connectivity index is 2.89. The fraction of sp³-hybridized carbons (Fsp3) is 0.526. The second kappa shape index (κ2) is 11.3. The zero-order chi connectivity index (χ0) is 19.5. The van der Waals surface area contributed by atoms with E-state index >= 15 is 0 Å². The summed E-state index contributed by atoms with van der Waals surface area (Å²) in [5.41, 5.74) is 6.24. The minimum absolute atomic E-state index is 0.191. The van der Waals surface area contributed by atoms with Gasteiger partial charge in [0.1, 0.15) is 12.1 Å². The van der Waals surface area contributed by atoms with Crippen molar-refractivity contribution >= 4 is 17.8 Å². The lowest BCUT2D eigenvalue weighted by Gasteiger charge is -2.23. The van der Waals surface area contributed by atoms with Gasteiger partial charge in [-0.2, -0.15) is 0 Å². The van der Waals surface area contributed by atoms with Crippen molar-refractivity contribution in [2.75, 3.05) is 13.2 Å². The fourth-order valence-corrected chi connectivity index (χ4v) is 2.51. The largest absolute Gasteiger partial charge is 0.464 e. The van der Waals surface area contributed by atoms with Crippen LogP contribution in [0.4, 0.5) is 0 Å². The molecule has 4 N–H and O–H groups in total. The van der Waals surface area contributed by atoms with Gasteiger partial charge in [-0.25, -0.2) is 4.79 Å². The van der Waals surface area contributed by atoms with E-state index in [9.17, 15) is 14.4 Å². The van der Waals surface area contributed by atoms with Crippen molar-refractivity contribution in [1.29, 1.82) is 0 Å². The third-order valence-corrected chi connectivity index (χ3v) is 3.71. The van der Waals surface area contributed by atoms with Crippen LogP contribution in [0.1, 0.15) is 32.8 Å². The number of ether oxygens (including phenoxy) is 1. The molecule has 0 heterocycles. The molecule has 144 valence electrons. The molecule has 7 heteroatoms. The maximum absolute atomic E-state index is 12.7. The number of nitrogens with one attached hydrogen (secondary N) is 2. The molecule has 0 unspecified atom stereocenters. The van der Waals surface area contributed by atoms with Gasteiger partial charge in [-0.1, -0.05) is 44.2 Å². The molecule has 7 nitrogen and oxygen atoms in total. The number of carbonyl (C=O) groups excluding carboxylic acids is 3. The van der Waals surface area contributed by atoms with E-state index in [2.05, 4.69) is 10.6 Å². The zero-order valence-electron chi connectivity index (χ0n) is 15.7. The third kappa shape index (κ3) is 7.65. The van der Waals surface area contributed by atoms with Crippen molar-refractivity contribution < 1.29 is 19.1 Å². The van der Waals surface area contributed by atoms with Gasteiger partial charge in [-0.15, -0.1) is 0 Å². The van der Waals surface area contributed by atoms with E-state index in [1.807, 2.05) is 44.2 Å². The van der Waals surface area contributed by atoms with E-state index < -0.39 is 29.9 Å². The predicted molar refractivity (Wildman–Crippen MR) is 99.1 cm³/mol. The van der Waals surface area contributed by atoms with Crippen LogP contribution in [0.3, 0.4) is 0 Å². The molecule has 0 aromatic heterocycles. The normalized spacial score (nSPS) is 13.0. The first-order valence-corrected chi connectivity index (χ1v) is 8.87. The first-order valence-electron chi connectivity index (χ1n) is 8.87. The Bertz CT molecular complexity index is 590. The topological polar surface area (TPSA) is 111 Å². The lowest BCUT2D eigenvalue weighted by Crippen LogP contribution is -2.53. The smallest absolute Gasteiger partial charge is 0.328 e. The Labute approximate surface area is 154 Å². The highest BCUT2D eigenvalue weighted by molar-refractivity contribution is 5.91. The monoisotopic (exact) mass is 363 g/mol. The Morgan fingerprint density at radius 3 is 2.27 bits per heavy atom. The lowest BCUT2D eigenvalue weighted by molar-refractivity contribution is -0.148. The van der Waals surface area contributed by atoms with E-state index in [-0.39, 0.29) is 19.1 Å². The van der Waals surface area contributed by atoms with Crippen LogP contribution in [0.15, 0.2) is 30.3 Å². The summed E-state index contributed by atoms with van der Waals surface area (Å²) in [5.74, 6) is -1.15. The highest BCUT2D eigenvalue weighted by Crippen LogP contribution is 2.09. The molecule has 0 saturated carbocycles. The van der Waals surface area contributed by atoms with Crippen molar-refractivity contribution in [1.82, 2.24) is 10.6 Å². The summed E-state index contributed by atoms with van der Waals surface area (Å²) < 4.78 is 5.05. The molecule has 1 aromatic carbocycles. The predicted octanol–water partition coefficient (Wildman–Crippen LogP) is 0.767. The Hall–Kier alpha value is -2.41. The van der Waals surface area contributed by atoms with Gasteiger partial charge in [0.05, 0.1) is 13.2 Å². The van der Waals surface area contributed by atoms with E-state index in [4.69, 9.17) is 10.5 Å². The minimum atomic E-state index is -0.822. The second-order valence-corrected chi connectivity index (χ2v) is 6.46. The summed E-state index contributed by atoms with van der Waals surface area (Å²) in [6, 6.07) is 7.74. The zero-order valence-corrected chi connectivity index (χ0v) is 15.7. The van der Waals surface area contributed by atoms with E-state index in [0.717, 1.165) is 5.56 Å². The molecular weight excluding hydrogens is 334 g/mol. The van der Waals surface area contributed by atoms with Gasteiger partial charge < -0.3 is 21.1 Å². The molecule has 26 heavy (non-hydrogen) atoms. The number of amides is 2. The van der Waals surface area contributed by atoms with Crippen LogP contribution in [0.2, 0.25) is 0 Å². The van der Waals surface area contributed by atoms with Gasteiger partial charge >= 0.3 is 5.97 Å². The lowest BCUT2D eigenvalue weighted by atomic mass is 10.0. The van der Waals surface area contributed by atoms with E-state index in [0.29, 0.717) is 12.8 Å². The van der Waals surface area contributed by atoms with Crippen molar-refractivity contribution in [3.8, 4) is 0 Å². The summed E-state index contributed by atoms with van der Waals surface area (Å²) in [5, 5.41) is 5.33. The fourth-order valence-electron chi connectivity index (χ4n) is 2.51. The molecular formula is C19H29N3O4. The van der Waals surface area contributed by atoms with Crippen LogP contribution < -0.4 is 16.4 Å². The van der Waals surface area contributed by atoms with Gasteiger partial charge in [0, 0.05) is 6.42 Å². The summed E-state index contributed by atoms with van der Waals surface area (Å²) in [7, 11) is 0. The molecule has 0 aliphatic heterocycles. The molecule has 1 aromatic rings. The molecule has 0 aliphatic rings. The minimum Gasteiger partial charge on any atom is -0.464 e. The highest BCUT2D eigenvalue weighted by Gasteiger charge is 2.28. The molecule has 2 amide bonds. The van der Waals surface area contributed by atoms with Crippen molar-refractivity contribution in [2.24, 2.45) is 11.7 Å². The average Bonchev–Trinajstić information content (AvgIpc) is 2.61. The second-order valence-electron chi connectivity index (χ2n) is 6.46. The standard InChI is InChI=1S/C19H29N3O4/c1-4-26-19(25)16(10-13(2)3)22-18(24)15(21-17(23)12-20)11-14-8-6-5-7-9-14/h5-9,13,15-16H,4,10-12,20H2,1-3H3,(H,21,23)(H,22,24)/t15-,16-/m0/s1.